The summed E-state index contributed by atoms with van der Waals surface area (Å²) < 4.78 is 27.1. The van der Waals surface area contributed by atoms with Crippen molar-refractivity contribution >= 4 is 56.2 Å². The van der Waals surface area contributed by atoms with E-state index in [1.54, 1.807) is 12.1 Å². The average molecular weight is 367 g/mol. The second-order valence-electron chi connectivity index (χ2n) is 3.99. The molecule has 2 aromatic rings. The molecule has 0 amide bonds. The minimum Gasteiger partial charge on any atom is -0.323 e. The van der Waals surface area contributed by atoms with E-state index in [1.807, 2.05) is 0 Å². The average Bonchev–Trinajstić information content (AvgIpc) is 2.44. The highest BCUT2D eigenvalue weighted by molar-refractivity contribution is 7.92. The third-order valence-corrected chi connectivity index (χ3v) is 5.04. The molecule has 0 bridgehead atoms. The highest BCUT2D eigenvalue weighted by Crippen LogP contribution is 2.34. The third kappa shape index (κ3) is 3.53. The van der Waals surface area contributed by atoms with Crippen molar-refractivity contribution in [1.82, 2.24) is 0 Å². The molecule has 2 rings (SSSR count). The second-order valence-corrected chi connectivity index (χ2v) is 6.86. The molecule has 5 nitrogen and oxygen atoms in total. The van der Waals surface area contributed by atoms with Gasteiger partial charge in [-0.1, -0.05) is 46.9 Å². The van der Waals surface area contributed by atoms with Gasteiger partial charge in [-0.25, -0.2) is 8.42 Å². The fraction of sp³-hybridized carbons (Fsp3) is 0. The molecule has 0 aliphatic heterocycles. The zero-order valence-corrected chi connectivity index (χ0v) is 13.5. The topological polar surface area (TPSA) is 84.2 Å². The summed E-state index contributed by atoms with van der Waals surface area (Å²) in [7, 11) is -3.89. The number of para-hydroxylation sites is 1. The molecule has 0 aromatic heterocycles. The van der Waals surface area contributed by atoms with Gasteiger partial charge in [0.15, 0.2) is 0 Å². The van der Waals surface area contributed by atoms with Gasteiger partial charge in [-0.3, -0.25) is 10.6 Å². The number of nitrogens with one attached hydrogen (secondary N) is 2. The van der Waals surface area contributed by atoms with Gasteiger partial charge in [-0.15, -0.1) is 0 Å². The van der Waals surface area contributed by atoms with Gasteiger partial charge in [0.1, 0.15) is 4.90 Å². The van der Waals surface area contributed by atoms with Gasteiger partial charge in [-0.2, -0.15) is 0 Å². The first-order chi connectivity index (χ1) is 9.85. The maximum absolute atomic E-state index is 12.4. The van der Waals surface area contributed by atoms with Crippen LogP contribution < -0.4 is 16.0 Å². The van der Waals surface area contributed by atoms with Gasteiger partial charge in [0.25, 0.3) is 10.0 Å². The van der Waals surface area contributed by atoms with Crippen molar-refractivity contribution in [3.05, 3.63) is 51.5 Å². The van der Waals surface area contributed by atoms with E-state index >= 15 is 0 Å². The Labute approximate surface area is 137 Å². The van der Waals surface area contributed by atoms with Crippen molar-refractivity contribution in [2.45, 2.75) is 4.90 Å². The molecule has 0 unspecified atom stereocenters. The summed E-state index contributed by atoms with van der Waals surface area (Å²) in [5.41, 5.74) is 2.70. The predicted octanol–water partition coefficient (Wildman–Crippen LogP) is 3.73. The molecule has 0 aliphatic carbocycles. The molecule has 21 heavy (non-hydrogen) atoms. The van der Waals surface area contributed by atoms with Crippen LogP contribution in [0.25, 0.3) is 0 Å². The maximum atomic E-state index is 12.4. The molecular weight excluding hydrogens is 357 g/mol. The van der Waals surface area contributed by atoms with E-state index in [4.69, 9.17) is 40.6 Å². The zero-order chi connectivity index (χ0) is 15.6. The van der Waals surface area contributed by atoms with Crippen LogP contribution in [0.2, 0.25) is 15.1 Å². The van der Waals surface area contributed by atoms with Crippen LogP contribution >= 0.6 is 34.8 Å². The molecule has 0 aliphatic rings. The van der Waals surface area contributed by atoms with Gasteiger partial charge in [0.05, 0.1) is 26.4 Å². The van der Waals surface area contributed by atoms with Gasteiger partial charge in [0, 0.05) is 0 Å². The van der Waals surface area contributed by atoms with E-state index in [9.17, 15) is 8.42 Å². The maximum Gasteiger partial charge on any atom is 0.264 e. The Kier molecular flexibility index (Phi) is 4.85. The second kappa shape index (κ2) is 6.29. The van der Waals surface area contributed by atoms with Crippen LogP contribution in [0.1, 0.15) is 0 Å². The smallest absolute Gasteiger partial charge is 0.264 e. The summed E-state index contributed by atoms with van der Waals surface area (Å²) in [5.74, 6) is 5.31. The van der Waals surface area contributed by atoms with E-state index < -0.39 is 10.0 Å². The lowest BCUT2D eigenvalue weighted by atomic mass is 10.3. The molecule has 0 radical (unpaired) electrons. The van der Waals surface area contributed by atoms with Crippen LogP contribution in [-0.4, -0.2) is 8.42 Å². The first-order valence-corrected chi connectivity index (χ1v) is 8.20. The monoisotopic (exact) mass is 365 g/mol. The Morgan fingerprint density at radius 2 is 1.52 bits per heavy atom. The standard InChI is InChI=1S/C12H10Cl3N3O2S/c13-7-5-9(15)11(6-8(7)14)18-21(19,20)12-4-2-1-3-10(12)17-16/h1-6,17-18H,16H2. The molecule has 112 valence electrons. The van der Waals surface area contributed by atoms with E-state index in [2.05, 4.69) is 10.1 Å². The molecule has 2 aromatic carbocycles. The number of sulfonamides is 1. The predicted molar refractivity (Wildman–Crippen MR) is 86.5 cm³/mol. The third-order valence-electron chi connectivity index (χ3n) is 2.59. The van der Waals surface area contributed by atoms with Crippen molar-refractivity contribution in [3.63, 3.8) is 0 Å². The number of halogens is 3. The molecule has 0 saturated heterocycles. The number of rotatable bonds is 4. The lowest BCUT2D eigenvalue weighted by molar-refractivity contribution is 0.601. The Morgan fingerprint density at radius 3 is 2.19 bits per heavy atom. The van der Waals surface area contributed by atoms with Crippen LogP contribution in [0.3, 0.4) is 0 Å². The minimum absolute atomic E-state index is 0.0189. The van der Waals surface area contributed by atoms with Crippen LogP contribution in [0, 0.1) is 0 Å². The first kappa shape index (κ1) is 16.2. The summed E-state index contributed by atoms with van der Waals surface area (Å²) in [4.78, 5) is -0.0189. The van der Waals surface area contributed by atoms with E-state index in [0.29, 0.717) is 0 Å². The number of hydrazine groups is 1. The van der Waals surface area contributed by atoms with Crippen LogP contribution in [0.5, 0.6) is 0 Å². The Hall–Kier alpha value is -1.18. The summed E-state index contributed by atoms with van der Waals surface area (Å²) >= 11 is 17.6. The van der Waals surface area contributed by atoms with Crippen LogP contribution in [-0.2, 0) is 10.0 Å². The fourth-order valence-corrected chi connectivity index (χ4v) is 3.51. The molecule has 4 N–H and O–H groups in total. The quantitative estimate of drug-likeness (QED) is 0.437. The Bertz CT molecular complexity index is 781. The molecule has 0 spiro atoms. The summed E-state index contributed by atoms with van der Waals surface area (Å²) in [5, 5.41) is 0.545. The Morgan fingerprint density at radius 1 is 0.905 bits per heavy atom. The van der Waals surface area contributed by atoms with Gasteiger partial charge in [-0.05, 0) is 24.3 Å². The molecule has 0 atom stereocenters. The number of anilines is 2. The van der Waals surface area contributed by atoms with Crippen molar-refractivity contribution < 1.29 is 8.42 Å². The highest BCUT2D eigenvalue weighted by atomic mass is 35.5. The van der Waals surface area contributed by atoms with Gasteiger partial charge >= 0.3 is 0 Å². The number of hydrogen-bond donors (Lipinski definition) is 3. The lowest BCUT2D eigenvalue weighted by Gasteiger charge is -2.13. The zero-order valence-electron chi connectivity index (χ0n) is 10.4. The molecule has 0 saturated carbocycles. The summed E-state index contributed by atoms with van der Waals surface area (Å²) in [6.45, 7) is 0. The van der Waals surface area contributed by atoms with Gasteiger partial charge in [0.2, 0.25) is 0 Å². The van der Waals surface area contributed by atoms with Crippen molar-refractivity contribution in [2.24, 2.45) is 5.84 Å². The molecular formula is C12H10Cl3N3O2S. The lowest BCUT2D eigenvalue weighted by Crippen LogP contribution is -2.17. The van der Waals surface area contributed by atoms with Crippen LogP contribution in [0.4, 0.5) is 11.4 Å². The number of benzene rings is 2. The van der Waals surface area contributed by atoms with E-state index in [1.165, 1.54) is 24.3 Å². The van der Waals surface area contributed by atoms with Crippen LogP contribution in [0.15, 0.2) is 41.3 Å². The Balaban J connectivity index is 2.45. The van der Waals surface area contributed by atoms with E-state index in [0.717, 1.165) is 0 Å². The first-order valence-electron chi connectivity index (χ1n) is 5.58. The summed E-state index contributed by atoms with van der Waals surface area (Å²) in [6.07, 6.45) is 0. The van der Waals surface area contributed by atoms with Gasteiger partial charge < -0.3 is 5.43 Å². The van der Waals surface area contributed by atoms with Crippen molar-refractivity contribution in [1.29, 1.82) is 0 Å². The molecule has 0 heterocycles. The molecule has 9 heteroatoms. The largest absolute Gasteiger partial charge is 0.323 e. The number of hydrogen-bond acceptors (Lipinski definition) is 4. The minimum atomic E-state index is -3.89. The normalized spacial score (nSPS) is 11.2. The summed E-state index contributed by atoms with van der Waals surface area (Å²) in [6, 6.07) is 8.86. The fourth-order valence-electron chi connectivity index (χ4n) is 1.62. The number of nitrogens with two attached hydrogens (primary N) is 1. The van der Waals surface area contributed by atoms with E-state index in [-0.39, 0.29) is 31.3 Å². The van der Waals surface area contributed by atoms with Crippen molar-refractivity contribution in [3.8, 4) is 0 Å². The number of nitrogen functional groups attached to an aromatic ring is 1. The SMILES string of the molecule is NNc1ccccc1S(=O)(=O)Nc1cc(Cl)c(Cl)cc1Cl. The molecule has 0 fully saturated rings. The van der Waals surface area contributed by atoms with Crippen molar-refractivity contribution in [2.75, 3.05) is 10.1 Å². The highest BCUT2D eigenvalue weighted by Gasteiger charge is 2.20.